The molecule has 1 N–H and O–H groups in total. The summed E-state index contributed by atoms with van der Waals surface area (Å²) in [5.41, 5.74) is 1.66. The highest BCUT2D eigenvalue weighted by Crippen LogP contribution is 2.31. The number of carbonyl (C=O) groups excluding carboxylic acids is 1. The maximum absolute atomic E-state index is 12.4. The molecule has 2 heterocycles. The van der Waals surface area contributed by atoms with Crippen LogP contribution in [0, 0.1) is 6.92 Å². The second kappa shape index (κ2) is 5.98. The first kappa shape index (κ1) is 14.7. The van der Waals surface area contributed by atoms with Crippen LogP contribution in [0.1, 0.15) is 29.0 Å². The van der Waals surface area contributed by atoms with Crippen LogP contribution in [-0.4, -0.2) is 27.8 Å². The van der Waals surface area contributed by atoms with Gasteiger partial charge in [0.2, 0.25) is 10.9 Å². The fourth-order valence-electron chi connectivity index (χ4n) is 2.36. The number of carbonyl (C=O) groups is 1. The van der Waals surface area contributed by atoms with Gasteiger partial charge in [0.1, 0.15) is 5.58 Å². The lowest BCUT2D eigenvalue weighted by Crippen LogP contribution is -2.02. The number of fused-ring (bicyclic) bond motifs is 1. The summed E-state index contributed by atoms with van der Waals surface area (Å²) in [4.78, 5) is 12.4. The van der Waals surface area contributed by atoms with Gasteiger partial charge in [0, 0.05) is 17.0 Å². The Kier molecular flexibility index (Phi) is 3.82. The second-order valence-electron chi connectivity index (χ2n) is 5.56. The number of aryl methyl sites for hydroxylation is 1. The minimum absolute atomic E-state index is 0.0180. The van der Waals surface area contributed by atoms with E-state index in [1.54, 1.807) is 0 Å². The third kappa shape index (κ3) is 3.11. The maximum atomic E-state index is 12.4. The number of anilines is 1. The number of nitrogens with one attached hydrogen (secondary N) is 1. The van der Waals surface area contributed by atoms with Crippen LogP contribution >= 0.6 is 23.1 Å². The number of Topliss-reactive ketones (excluding diaryl/α,β-unsaturated/α-hetero) is 1. The van der Waals surface area contributed by atoms with E-state index in [1.807, 2.05) is 31.2 Å². The Bertz CT molecular complexity index is 867. The van der Waals surface area contributed by atoms with Gasteiger partial charge in [-0.15, -0.1) is 10.2 Å². The zero-order valence-corrected chi connectivity index (χ0v) is 14.2. The number of ketones is 1. The van der Waals surface area contributed by atoms with E-state index < -0.39 is 0 Å². The Labute approximate surface area is 141 Å². The fraction of sp³-hybridized carbons (Fsp3) is 0.312. The van der Waals surface area contributed by atoms with Crippen molar-refractivity contribution in [3.05, 3.63) is 35.6 Å². The van der Waals surface area contributed by atoms with E-state index in [4.69, 9.17) is 4.42 Å². The van der Waals surface area contributed by atoms with Crippen LogP contribution in [0.15, 0.2) is 33.0 Å². The summed E-state index contributed by atoms with van der Waals surface area (Å²) >= 11 is 2.90. The first-order chi connectivity index (χ1) is 11.2. The number of hydrogen-bond acceptors (Lipinski definition) is 7. The lowest BCUT2D eigenvalue weighted by atomic mass is 10.1. The molecule has 2 aromatic heterocycles. The molecule has 0 saturated heterocycles. The predicted octanol–water partition coefficient (Wildman–Crippen LogP) is 4.14. The van der Waals surface area contributed by atoms with Crippen LogP contribution in [0.2, 0.25) is 0 Å². The van der Waals surface area contributed by atoms with E-state index in [1.165, 1.54) is 35.9 Å². The molecular weight excluding hydrogens is 330 g/mol. The molecule has 0 atom stereocenters. The number of thioether (sulfide) groups is 1. The van der Waals surface area contributed by atoms with E-state index in [2.05, 4.69) is 15.5 Å². The molecule has 0 aliphatic heterocycles. The number of para-hydroxylation sites is 1. The molecular formula is C16H15N3O2S2. The molecule has 5 nitrogen and oxygen atoms in total. The van der Waals surface area contributed by atoms with Gasteiger partial charge in [-0.25, -0.2) is 0 Å². The van der Waals surface area contributed by atoms with Gasteiger partial charge in [-0.2, -0.15) is 0 Å². The van der Waals surface area contributed by atoms with Crippen molar-refractivity contribution in [1.29, 1.82) is 0 Å². The highest BCUT2D eigenvalue weighted by Gasteiger charge is 2.23. The second-order valence-corrected chi connectivity index (χ2v) is 7.76. The largest absolute Gasteiger partial charge is 0.453 e. The molecule has 0 radical (unpaired) electrons. The molecule has 7 heteroatoms. The van der Waals surface area contributed by atoms with Crippen molar-refractivity contribution >= 4 is 45.0 Å². The van der Waals surface area contributed by atoms with E-state index in [-0.39, 0.29) is 5.78 Å². The molecule has 1 saturated carbocycles. The zero-order valence-electron chi connectivity index (χ0n) is 12.5. The normalized spacial score (nSPS) is 14.3. The molecule has 1 aliphatic rings. The van der Waals surface area contributed by atoms with Crippen LogP contribution in [0.4, 0.5) is 5.13 Å². The number of aromatic nitrogens is 2. The van der Waals surface area contributed by atoms with Crippen LogP contribution in [-0.2, 0) is 0 Å². The minimum Gasteiger partial charge on any atom is -0.453 e. The van der Waals surface area contributed by atoms with Gasteiger partial charge in [-0.3, -0.25) is 4.79 Å². The Morgan fingerprint density at radius 3 is 3.00 bits per heavy atom. The van der Waals surface area contributed by atoms with Crippen molar-refractivity contribution in [2.45, 2.75) is 30.1 Å². The summed E-state index contributed by atoms with van der Waals surface area (Å²) in [6.07, 6.45) is 2.40. The third-order valence-corrected chi connectivity index (χ3v) is 5.72. The summed E-state index contributed by atoms with van der Waals surface area (Å²) in [7, 11) is 0. The standard InChI is InChI=1S/C16H15N3O2S2/c1-9-11-4-2-3-5-13(11)21-14(9)12(20)8-22-16-19-18-15(23-16)17-10-6-7-10/h2-5,10H,6-8H2,1H3,(H,17,18). The van der Waals surface area contributed by atoms with Gasteiger partial charge in [0.15, 0.2) is 10.1 Å². The summed E-state index contributed by atoms with van der Waals surface area (Å²) in [6, 6.07) is 8.26. The Hall–Kier alpha value is -1.86. The lowest BCUT2D eigenvalue weighted by Gasteiger charge is -1.97. The highest BCUT2D eigenvalue weighted by atomic mass is 32.2. The molecule has 1 aromatic carbocycles. The highest BCUT2D eigenvalue weighted by molar-refractivity contribution is 8.01. The third-order valence-electron chi connectivity index (χ3n) is 3.74. The molecule has 0 bridgehead atoms. The van der Waals surface area contributed by atoms with E-state index in [0.717, 1.165) is 26.0 Å². The number of nitrogens with zero attached hydrogens (tertiary/aromatic N) is 2. The molecule has 1 fully saturated rings. The SMILES string of the molecule is Cc1c(C(=O)CSc2nnc(NC3CC3)s2)oc2ccccc12. The van der Waals surface area contributed by atoms with Crippen LogP contribution < -0.4 is 5.32 Å². The maximum Gasteiger partial charge on any atom is 0.208 e. The smallest absolute Gasteiger partial charge is 0.208 e. The first-order valence-electron chi connectivity index (χ1n) is 7.45. The predicted molar refractivity (Wildman–Crippen MR) is 92.6 cm³/mol. The van der Waals surface area contributed by atoms with Crippen molar-refractivity contribution in [2.75, 3.05) is 11.1 Å². The molecule has 118 valence electrons. The quantitative estimate of drug-likeness (QED) is 0.535. The van der Waals surface area contributed by atoms with Gasteiger partial charge in [0.05, 0.1) is 5.75 Å². The fourth-order valence-corrected chi connectivity index (χ4v) is 4.05. The average molecular weight is 345 g/mol. The number of benzene rings is 1. The number of furan rings is 1. The molecule has 0 spiro atoms. The van der Waals surface area contributed by atoms with Gasteiger partial charge in [0.25, 0.3) is 0 Å². The van der Waals surface area contributed by atoms with Crippen LogP contribution in [0.3, 0.4) is 0 Å². The summed E-state index contributed by atoms with van der Waals surface area (Å²) in [5.74, 6) is 0.730. The van der Waals surface area contributed by atoms with Gasteiger partial charge >= 0.3 is 0 Å². The van der Waals surface area contributed by atoms with E-state index in [0.29, 0.717) is 17.6 Å². The number of hydrogen-bond donors (Lipinski definition) is 1. The Morgan fingerprint density at radius 2 is 2.22 bits per heavy atom. The van der Waals surface area contributed by atoms with Gasteiger partial charge in [-0.05, 0) is 25.8 Å². The monoisotopic (exact) mass is 345 g/mol. The van der Waals surface area contributed by atoms with Crippen molar-refractivity contribution in [3.8, 4) is 0 Å². The van der Waals surface area contributed by atoms with Crippen molar-refractivity contribution in [2.24, 2.45) is 0 Å². The molecule has 23 heavy (non-hydrogen) atoms. The minimum atomic E-state index is -0.0180. The molecule has 4 rings (SSSR count). The van der Waals surface area contributed by atoms with E-state index >= 15 is 0 Å². The average Bonchev–Trinajstić information content (AvgIpc) is 3.15. The zero-order chi connectivity index (χ0) is 15.8. The first-order valence-corrected chi connectivity index (χ1v) is 9.25. The van der Waals surface area contributed by atoms with Crippen LogP contribution in [0.25, 0.3) is 11.0 Å². The van der Waals surface area contributed by atoms with Gasteiger partial charge in [-0.1, -0.05) is 41.3 Å². The molecule has 3 aromatic rings. The van der Waals surface area contributed by atoms with Crippen LogP contribution in [0.5, 0.6) is 0 Å². The van der Waals surface area contributed by atoms with Crippen molar-refractivity contribution in [1.82, 2.24) is 10.2 Å². The summed E-state index contributed by atoms with van der Waals surface area (Å²) in [5, 5.41) is 13.4. The molecule has 1 aliphatic carbocycles. The van der Waals surface area contributed by atoms with E-state index in [9.17, 15) is 4.79 Å². The number of rotatable bonds is 6. The van der Waals surface area contributed by atoms with Crippen molar-refractivity contribution < 1.29 is 9.21 Å². The molecule has 0 unspecified atom stereocenters. The van der Waals surface area contributed by atoms with Gasteiger partial charge < -0.3 is 9.73 Å². The summed E-state index contributed by atoms with van der Waals surface area (Å²) < 4.78 is 6.51. The summed E-state index contributed by atoms with van der Waals surface area (Å²) in [6.45, 7) is 1.92. The molecule has 0 amide bonds. The van der Waals surface area contributed by atoms with Crippen molar-refractivity contribution in [3.63, 3.8) is 0 Å². The Balaban J connectivity index is 1.44. The Morgan fingerprint density at radius 1 is 1.39 bits per heavy atom. The topological polar surface area (TPSA) is 68.0 Å². The lowest BCUT2D eigenvalue weighted by molar-refractivity contribution is 0.0993.